The van der Waals surface area contributed by atoms with Gasteiger partial charge in [0, 0.05) is 67.7 Å². The molecule has 1 fully saturated rings. The van der Waals surface area contributed by atoms with Crippen LogP contribution in [0.1, 0.15) is 23.2 Å². The van der Waals surface area contributed by atoms with Crippen LogP contribution < -0.4 is 15.1 Å². The Morgan fingerprint density at radius 2 is 2.02 bits per heavy atom. The number of fused-ring (bicyclic) bond motifs is 1. The molecule has 0 amide bonds. The van der Waals surface area contributed by atoms with E-state index < -0.39 is 10.9 Å². The number of esters is 1. The van der Waals surface area contributed by atoms with Crippen LogP contribution in [0.3, 0.4) is 0 Å². The Labute approximate surface area is 242 Å². The number of benzene rings is 2. The summed E-state index contributed by atoms with van der Waals surface area (Å²) in [4.78, 5) is 47.9. The highest BCUT2D eigenvalue weighted by Crippen LogP contribution is 2.40. The van der Waals surface area contributed by atoms with E-state index in [-0.39, 0.29) is 34.7 Å². The molecule has 0 spiro atoms. The molecule has 2 aromatic carbocycles. The van der Waals surface area contributed by atoms with Crippen molar-refractivity contribution in [3.05, 3.63) is 64.5 Å². The molecule has 13 nitrogen and oxygen atoms in total. The zero-order valence-corrected chi connectivity index (χ0v) is 24.2. The van der Waals surface area contributed by atoms with Crippen LogP contribution in [0.5, 0.6) is 5.75 Å². The summed E-state index contributed by atoms with van der Waals surface area (Å²) in [5.74, 6) is -0.296. The van der Waals surface area contributed by atoms with E-state index in [1.165, 1.54) is 26.5 Å². The third-order valence-electron chi connectivity index (χ3n) is 7.61. The van der Waals surface area contributed by atoms with E-state index in [2.05, 4.69) is 27.2 Å². The summed E-state index contributed by atoms with van der Waals surface area (Å²) in [7, 11) is 8.43. The van der Waals surface area contributed by atoms with Crippen molar-refractivity contribution >= 4 is 39.9 Å². The van der Waals surface area contributed by atoms with E-state index in [9.17, 15) is 14.9 Å². The minimum atomic E-state index is -0.594. The first-order chi connectivity index (χ1) is 20.2. The summed E-state index contributed by atoms with van der Waals surface area (Å²) in [5.41, 5.74) is 2.65. The normalized spacial score (nSPS) is 15.1. The summed E-state index contributed by atoms with van der Waals surface area (Å²) in [6.45, 7) is 1.61. The molecule has 42 heavy (non-hydrogen) atoms. The number of nitrogens with zero attached hydrogens (tertiary/aromatic N) is 6. The lowest BCUT2D eigenvalue weighted by Crippen LogP contribution is -2.36. The Bertz CT molecular complexity index is 1640. The van der Waals surface area contributed by atoms with Crippen LogP contribution in [0.25, 0.3) is 22.2 Å². The second-order valence-corrected chi connectivity index (χ2v) is 10.2. The van der Waals surface area contributed by atoms with Crippen molar-refractivity contribution in [1.29, 1.82) is 0 Å². The van der Waals surface area contributed by atoms with Crippen LogP contribution in [-0.4, -0.2) is 77.8 Å². The van der Waals surface area contributed by atoms with Gasteiger partial charge in [-0.2, -0.15) is 4.89 Å². The van der Waals surface area contributed by atoms with Gasteiger partial charge in [-0.25, -0.2) is 14.8 Å². The lowest BCUT2D eigenvalue weighted by Gasteiger charge is -2.27. The number of nitrogens with one attached hydrogen (secondary N) is 1. The van der Waals surface area contributed by atoms with Gasteiger partial charge >= 0.3 is 5.97 Å². The number of nitro benzene ring substituents is 1. The molecule has 1 atom stereocenters. The largest absolute Gasteiger partial charge is 0.465 e. The average Bonchev–Trinajstić information content (AvgIpc) is 3.55. The second kappa shape index (κ2) is 12.0. The Morgan fingerprint density at radius 1 is 1.24 bits per heavy atom. The fourth-order valence-electron chi connectivity index (χ4n) is 5.45. The molecular formula is C29H33N7O6. The number of carbonyl (C=O) groups is 1. The first-order valence-corrected chi connectivity index (χ1v) is 13.4. The summed E-state index contributed by atoms with van der Waals surface area (Å²) >= 11 is 0. The van der Waals surface area contributed by atoms with Crippen LogP contribution in [0.4, 0.5) is 23.0 Å². The maximum Gasteiger partial charge on any atom is 0.341 e. The fourth-order valence-corrected chi connectivity index (χ4v) is 5.45. The SMILES string of the molecule is COOc1cc(N(C)CC2CCCN2C)c([N+](=O)[O-])cc1Nc1ncc(C(=O)OC)c(-c2cn(C)c3ccccc23)n1. The number of ether oxygens (including phenoxy) is 1. The molecule has 1 N–H and O–H groups in total. The van der Waals surface area contributed by atoms with Gasteiger partial charge in [0.1, 0.15) is 11.3 Å². The quantitative estimate of drug-likeness (QED) is 0.123. The van der Waals surface area contributed by atoms with Gasteiger partial charge in [-0.15, -0.1) is 0 Å². The smallest absolute Gasteiger partial charge is 0.341 e. The topological polar surface area (TPSA) is 137 Å². The number of para-hydroxylation sites is 1. The fraction of sp³-hybridized carbons (Fsp3) is 0.345. The number of likely N-dealkylation sites (N-methyl/N-ethyl adjacent to an activating group) is 2. The number of rotatable bonds is 10. The molecule has 220 valence electrons. The zero-order chi connectivity index (χ0) is 30.0. The van der Waals surface area contributed by atoms with E-state index in [0.717, 1.165) is 30.3 Å². The van der Waals surface area contributed by atoms with Gasteiger partial charge in [0.05, 0.1) is 30.5 Å². The van der Waals surface area contributed by atoms with Crippen LogP contribution >= 0.6 is 0 Å². The zero-order valence-electron chi connectivity index (χ0n) is 24.2. The monoisotopic (exact) mass is 575 g/mol. The summed E-state index contributed by atoms with van der Waals surface area (Å²) in [6.07, 6.45) is 5.35. The lowest BCUT2D eigenvalue weighted by atomic mass is 10.1. The number of likely N-dealkylation sites (tertiary alicyclic amines) is 1. The predicted octanol–water partition coefficient (Wildman–Crippen LogP) is 4.54. The van der Waals surface area contributed by atoms with Crippen LogP contribution in [0.15, 0.2) is 48.8 Å². The maximum atomic E-state index is 12.7. The maximum absolute atomic E-state index is 12.7. The van der Waals surface area contributed by atoms with Gasteiger partial charge in [0.15, 0.2) is 5.75 Å². The molecule has 5 rings (SSSR count). The molecule has 0 bridgehead atoms. The summed E-state index contributed by atoms with van der Waals surface area (Å²) in [5, 5.41) is 16.1. The van der Waals surface area contributed by atoms with Crippen molar-refractivity contribution in [1.82, 2.24) is 19.4 Å². The van der Waals surface area contributed by atoms with Crippen molar-refractivity contribution in [2.24, 2.45) is 7.05 Å². The molecule has 1 aliphatic heterocycles. The predicted molar refractivity (Wildman–Crippen MR) is 158 cm³/mol. The molecule has 1 saturated heterocycles. The summed E-state index contributed by atoms with van der Waals surface area (Å²) < 4.78 is 6.93. The third-order valence-corrected chi connectivity index (χ3v) is 7.61. The van der Waals surface area contributed by atoms with Gasteiger partial charge in [0.25, 0.3) is 5.69 Å². The van der Waals surface area contributed by atoms with Crippen LogP contribution in [0.2, 0.25) is 0 Å². The number of methoxy groups -OCH3 is 1. The van der Waals surface area contributed by atoms with E-state index in [0.29, 0.717) is 23.5 Å². The number of anilines is 3. The first kappa shape index (κ1) is 28.8. The van der Waals surface area contributed by atoms with E-state index in [1.807, 2.05) is 54.0 Å². The van der Waals surface area contributed by atoms with Gasteiger partial charge in [0.2, 0.25) is 5.95 Å². The van der Waals surface area contributed by atoms with E-state index in [4.69, 9.17) is 14.5 Å². The number of nitro groups is 1. The third kappa shape index (κ3) is 5.56. The van der Waals surface area contributed by atoms with Gasteiger partial charge in [-0.05, 0) is 32.5 Å². The average molecular weight is 576 g/mol. The van der Waals surface area contributed by atoms with Gasteiger partial charge in [-0.3, -0.25) is 10.1 Å². The highest BCUT2D eigenvalue weighted by Gasteiger charge is 2.28. The second-order valence-electron chi connectivity index (χ2n) is 10.2. The molecule has 1 unspecified atom stereocenters. The Morgan fingerprint density at radius 3 is 2.71 bits per heavy atom. The van der Waals surface area contributed by atoms with Crippen molar-refractivity contribution in [2.75, 3.05) is 51.6 Å². The number of carbonyl (C=O) groups excluding carboxylic acids is 1. The molecule has 2 aromatic heterocycles. The molecule has 0 radical (unpaired) electrons. The number of hydrogen-bond acceptors (Lipinski definition) is 11. The van der Waals surface area contributed by atoms with E-state index >= 15 is 0 Å². The van der Waals surface area contributed by atoms with Gasteiger partial charge in [-0.1, -0.05) is 18.2 Å². The first-order valence-electron chi connectivity index (χ1n) is 13.4. The molecule has 3 heterocycles. The van der Waals surface area contributed by atoms with Crippen molar-refractivity contribution in [2.45, 2.75) is 18.9 Å². The summed E-state index contributed by atoms with van der Waals surface area (Å²) in [6, 6.07) is 11.0. The van der Waals surface area contributed by atoms with Gasteiger partial charge < -0.3 is 29.3 Å². The number of aromatic nitrogens is 3. The van der Waals surface area contributed by atoms with Crippen LogP contribution in [0, 0.1) is 10.1 Å². The molecule has 13 heteroatoms. The number of aryl methyl sites for hydroxylation is 1. The van der Waals surface area contributed by atoms with Crippen molar-refractivity contribution in [3.8, 4) is 17.0 Å². The van der Waals surface area contributed by atoms with Crippen molar-refractivity contribution < 1.29 is 24.2 Å². The van der Waals surface area contributed by atoms with E-state index in [1.54, 1.807) is 6.07 Å². The molecule has 1 aliphatic rings. The minimum absolute atomic E-state index is 0.0922. The Kier molecular flexibility index (Phi) is 8.22. The highest BCUT2D eigenvalue weighted by molar-refractivity contribution is 6.02. The molecule has 0 saturated carbocycles. The highest BCUT2D eigenvalue weighted by atomic mass is 17.2. The molecule has 0 aliphatic carbocycles. The standard InChI is InChI=1S/C29H33N7O6/c1-33-12-8-9-18(33)16-34(2)24-14-26(42-41-5)22(13-25(24)36(38)39)31-29-30-15-20(28(37)40-4)27(32-29)21-17-35(3)23-11-7-6-10-19(21)23/h6-7,10-11,13-15,17-18H,8-9,12,16H2,1-5H3,(H,30,31,32). The molecular weight excluding hydrogens is 542 g/mol. The molecule has 4 aromatic rings. The van der Waals surface area contributed by atoms with Crippen molar-refractivity contribution in [3.63, 3.8) is 0 Å². The lowest BCUT2D eigenvalue weighted by molar-refractivity contribution is -0.384. The number of hydrogen-bond donors (Lipinski definition) is 1. The Balaban J connectivity index is 1.56. The van der Waals surface area contributed by atoms with Crippen LogP contribution in [-0.2, 0) is 16.7 Å². The minimum Gasteiger partial charge on any atom is -0.465 e. The Hall–Kier alpha value is -4.75.